The van der Waals surface area contributed by atoms with E-state index in [4.69, 9.17) is 0 Å². The Hall–Kier alpha value is -0.420. The maximum absolute atomic E-state index is 12.7. The van der Waals surface area contributed by atoms with Crippen LogP contribution in [0.25, 0.3) is 0 Å². The second kappa shape index (κ2) is 5.07. The van der Waals surface area contributed by atoms with Crippen molar-refractivity contribution in [2.45, 2.75) is 0 Å². The molecule has 2 aromatic carbocycles. The molecule has 2 rings (SSSR count). The molecule has 0 aliphatic heterocycles. The van der Waals surface area contributed by atoms with Gasteiger partial charge < -0.3 is 0 Å². The lowest BCUT2D eigenvalue weighted by Gasteiger charge is -1.88. The highest BCUT2D eigenvalue weighted by atomic mass is 127. The maximum atomic E-state index is 12.7. The van der Waals surface area contributed by atoms with Crippen LogP contribution in [0, 0.1) is 13.0 Å². The number of benzene rings is 2. The van der Waals surface area contributed by atoms with E-state index in [1.165, 1.54) is 19.3 Å². The lowest BCUT2D eigenvalue weighted by molar-refractivity contribution is -0.597. The predicted octanol–water partition coefficient (Wildman–Crippen LogP) is 0.717. The smallest absolute Gasteiger partial charge is 0.207 e. The van der Waals surface area contributed by atoms with Crippen molar-refractivity contribution in [2.75, 3.05) is 0 Å². The molecule has 0 atom stereocenters. The summed E-state index contributed by atoms with van der Waals surface area (Å²) in [5, 5.41) is 0. The van der Waals surface area contributed by atoms with Gasteiger partial charge >= 0.3 is 21.2 Å². The Balaban J connectivity index is 2.15. The van der Waals surface area contributed by atoms with E-state index >= 15 is 0 Å². The molecule has 0 spiro atoms. The zero-order valence-corrected chi connectivity index (χ0v) is 11.5. The topological polar surface area (TPSA) is 0 Å². The SMILES string of the molecule is Fc1ccc([I+]c2ccc(Br)cc2)cc1. The van der Waals surface area contributed by atoms with E-state index in [0.717, 1.165) is 4.47 Å². The van der Waals surface area contributed by atoms with Crippen molar-refractivity contribution in [1.82, 2.24) is 0 Å². The Kier molecular flexibility index (Phi) is 3.75. The number of rotatable bonds is 2. The van der Waals surface area contributed by atoms with Gasteiger partial charge in [0.25, 0.3) is 0 Å². The third kappa shape index (κ3) is 3.28. The second-order valence-electron chi connectivity index (χ2n) is 2.97. The average Bonchev–Trinajstić information content (AvgIpc) is 2.25. The van der Waals surface area contributed by atoms with Gasteiger partial charge in [-0.3, -0.25) is 0 Å². The van der Waals surface area contributed by atoms with E-state index in [0.29, 0.717) is 0 Å². The zero-order chi connectivity index (χ0) is 10.7. The first-order chi connectivity index (χ1) is 7.24. The summed E-state index contributed by atoms with van der Waals surface area (Å²) >= 11 is 3.22. The molecule has 0 heterocycles. The molecule has 76 valence electrons. The molecular weight excluding hydrogens is 370 g/mol. The molecule has 0 nitrogen and oxygen atoms in total. The van der Waals surface area contributed by atoms with Gasteiger partial charge in [0.2, 0.25) is 0 Å². The minimum absolute atomic E-state index is 0.168. The van der Waals surface area contributed by atoms with Crippen LogP contribution in [0.4, 0.5) is 4.39 Å². The first kappa shape index (κ1) is 11.1. The summed E-state index contributed by atoms with van der Waals surface area (Å²) in [4.78, 5) is 0. The van der Waals surface area contributed by atoms with Crippen molar-refractivity contribution in [3.63, 3.8) is 0 Å². The monoisotopic (exact) mass is 377 g/mol. The van der Waals surface area contributed by atoms with E-state index < -0.39 is 0 Å². The summed E-state index contributed by atoms with van der Waals surface area (Å²) in [6.45, 7) is 0. The molecule has 0 aromatic heterocycles. The first-order valence-electron chi connectivity index (χ1n) is 4.40. The fourth-order valence-electron chi connectivity index (χ4n) is 1.11. The summed E-state index contributed by atoms with van der Waals surface area (Å²) < 4.78 is 16.3. The molecule has 0 bridgehead atoms. The Morgan fingerprint density at radius 1 is 0.800 bits per heavy atom. The van der Waals surface area contributed by atoms with E-state index in [1.54, 1.807) is 0 Å². The molecule has 3 heteroatoms. The highest BCUT2D eigenvalue weighted by Gasteiger charge is 2.14. The third-order valence-corrected chi connectivity index (χ3v) is 5.04. The average molecular weight is 378 g/mol. The van der Waals surface area contributed by atoms with E-state index in [1.807, 2.05) is 24.3 Å². The summed E-state index contributed by atoms with van der Waals surface area (Å²) in [5.41, 5.74) is 0. The van der Waals surface area contributed by atoms with Crippen molar-refractivity contribution in [1.29, 1.82) is 0 Å². The Bertz CT molecular complexity index is 393. The van der Waals surface area contributed by atoms with Crippen LogP contribution in [0.15, 0.2) is 53.0 Å². The summed E-state index contributed by atoms with van der Waals surface area (Å²) in [5.74, 6) is -0.168. The molecule has 2 aromatic rings. The van der Waals surface area contributed by atoms with Gasteiger partial charge in [-0.25, -0.2) is 4.39 Å². The Labute approximate surface area is 107 Å². The highest BCUT2D eigenvalue weighted by Crippen LogP contribution is 2.05. The first-order valence-corrected chi connectivity index (χ1v) is 7.35. The van der Waals surface area contributed by atoms with Crippen LogP contribution in [-0.2, 0) is 0 Å². The molecule has 0 unspecified atom stereocenters. The van der Waals surface area contributed by atoms with Crippen molar-refractivity contribution in [3.8, 4) is 0 Å². The van der Waals surface area contributed by atoms with Crippen molar-refractivity contribution in [3.05, 3.63) is 66.0 Å². The lowest BCUT2D eigenvalue weighted by Crippen LogP contribution is -3.61. The van der Waals surface area contributed by atoms with Crippen LogP contribution < -0.4 is 21.2 Å². The van der Waals surface area contributed by atoms with Crippen molar-refractivity contribution in [2.24, 2.45) is 0 Å². The van der Waals surface area contributed by atoms with Crippen LogP contribution in [0.3, 0.4) is 0 Å². The molecule has 0 fully saturated rings. The standard InChI is InChI=1S/C12H8BrFI/c13-9-1-5-11(6-2-9)15-12-7-3-10(14)4-8-12/h1-8H/q+1. The number of hydrogen-bond donors (Lipinski definition) is 0. The molecule has 0 saturated carbocycles. The maximum Gasteiger partial charge on any atom is 0.357 e. The molecule has 0 N–H and O–H groups in total. The van der Waals surface area contributed by atoms with Gasteiger partial charge in [0, 0.05) is 4.47 Å². The molecule has 0 amide bonds. The van der Waals surface area contributed by atoms with E-state index in [9.17, 15) is 4.39 Å². The Morgan fingerprint density at radius 3 is 1.80 bits per heavy atom. The van der Waals surface area contributed by atoms with Gasteiger partial charge in [-0.05, 0) is 48.5 Å². The van der Waals surface area contributed by atoms with Crippen molar-refractivity contribution < 1.29 is 25.6 Å². The fraction of sp³-hybridized carbons (Fsp3) is 0. The predicted molar refractivity (Wildman–Crippen MR) is 57.9 cm³/mol. The van der Waals surface area contributed by atoms with Gasteiger partial charge in [-0.2, -0.15) is 0 Å². The van der Waals surface area contributed by atoms with Gasteiger partial charge in [-0.1, -0.05) is 15.9 Å². The molecule has 0 radical (unpaired) electrons. The second-order valence-corrected chi connectivity index (χ2v) is 6.91. The summed E-state index contributed by atoms with van der Waals surface area (Å²) in [7, 11) is 0. The van der Waals surface area contributed by atoms with Crippen LogP contribution in [0.2, 0.25) is 0 Å². The molecule has 0 aliphatic rings. The van der Waals surface area contributed by atoms with Gasteiger partial charge in [0.05, 0.1) is 0 Å². The largest absolute Gasteiger partial charge is 0.357 e. The Morgan fingerprint density at radius 2 is 1.27 bits per heavy atom. The normalized spacial score (nSPS) is 10.3. The third-order valence-electron chi connectivity index (χ3n) is 1.83. The minimum Gasteiger partial charge on any atom is -0.207 e. The number of halogens is 3. The molecule has 15 heavy (non-hydrogen) atoms. The van der Waals surface area contributed by atoms with Crippen LogP contribution in [0.5, 0.6) is 0 Å². The minimum atomic E-state index is -0.184. The van der Waals surface area contributed by atoms with Gasteiger partial charge in [0.1, 0.15) is 5.82 Å². The summed E-state index contributed by atoms with van der Waals surface area (Å²) in [6.07, 6.45) is 0. The van der Waals surface area contributed by atoms with E-state index in [2.05, 4.69) is 28.1 Å². The van der Waals surface area contributed by atoms with Crippen LogP contribution in [-0.4, -0.2) is 0 Å². The number of hydrogen-bond acceptors (Lipinski definition) is 0. The molecule has 0 aliphatic carbocycles. The fourth-order valence-corrected chi connectivity index (χ4v) is 3.53. The van der Waals surface area contributed by atoms with Crippen molar-refractivity contribution >= 4 is 15.9 Å². The van der Waals surface area contributed by atoms with Crippen LogP contribution in [0.1, 0.15) is 0 Å². The zero-order valence-electron chi connectivity index (χ0n) is 7.75. The molecular formula is C12H8BrFI+. The highest BCUT2D eigenvalue weighted by molar-refractivity contribution is 9.10. The van der Waals surface area contributed by atoms with Crippen LogP contribution >= 0.6 is 15.9 Å². The lowest BCUT2D eigenvalue weighted by atomic mass is 10.4. The van der Waals surface area contributed by atoms with Gasteiger partial charge in [0.15, 0.2) is 7.14 Å². The summed E-state index contributed by atoms with van der Waals surface area (Å²) in [6, 6.07) is 15.1. The quantitative estimate of drug-likeness (QED) is 0.676. The van der Waals surface area contributed by atoms with E-state index in [-0.39, 0.29) is 27.0 Å². The van der Waals surface area contributed by atoms with Gasteiger partial charge in [-0.15, -0.1) is 0 Å². The molecule has 0 saturated heterocycles.